The first-order valence-corrected chi connectivity index (χ1v) is 11.8. The van der Waals surface area contributed by atoms with Crippen molar-refractivity contribution in [3.8, 4) is 0 Å². The Kier molecular flexibility index (Phi) is 4.95. The SMILES string of the molecule is C[C@H]1c2ccc(C(F)(F)F)cc2CN1C(=O)c1ccc2c3c(cccc13)N(C1CCC(=O)NC1=O)C2=O. The smallest absolute Gasteiger partial charge is 0.328 e. The van der Waals surface area contributed by atoms with Gasteiger partial charge in [-0.15, -0.1) is 0 Å². The molecule has 0 saturated carbocycles. The van der Waals surface area contributed by atoms with E-state index in [1.807, 2.05) is 0 Å². The van der Waals surface area contributed by atoms with Crippen LogP contribution < -0.4 is 10.2 Å². The van der Waals surface area contributed by atoms with Crippen LogP contribution in [0.3, 0.4) is 0 Å². The number of hydrogen-bond acceptors (Lipinski definition) is 4. The first kappa shape index (κ1) is 23.2. The van der Waals surface area contributed by atoms with Crippen molar-refractivity contribution < 1.29 is 32.3 Å². The van der Waals surface area contributed by atoms with Crippen LogP contribution in [-0.2, 0) is 22.3 Å². The summed E-state index contributed by atoms with van der Waals surface area (Å²) in [5.74, 6) is -1.69. The Hall–Kier alpha value is -4.21. The van der Waals surface area contributed by atoms with Gasteiger partial charge >= 0.3 is 6.18 Å². The molecular weight excluding hydrogens is 487 g/mol. The summed E-state index contributed by atoms with van der Waals surface area (Å²) in [6.07, 6.45) is -4.18. The van der Waals surface area contributed by atoms with Gasteiger partial charge in [0.2, 0.25) is 11.8 Å². The minimum absolute atomic E-state index is 0.0313. The van der Waals surface area contributed by atoms with Gasteiger partial charge in [0.1, 0.15) is 6.04 Å². The molecule has 0 radical (unpaired) electrons. The molecule has 0 spiro atoms. The van der Waals surface area contributed by atoms with Gasteiger partial charge in [0.05, 0.1) is 17.3 Å². The molecule has 188 valence electrons. The van der Waals surface area contributed by atoms with Crippen LogP contribution in [-0.4, -0.2) is 34.6 Å². The monoisotopic (exact) mass is 507 g/mol. The Morgan fingerprint density at radius 1 is 1.05 bits per heavy atom. The van der Waals surface area contributed by atoms with Crippen LogP contribution in [0.2, 0.25) is 0 Å². The first-order chi connectivity index (χ1) is 17.6. The minimum atomic E-state index is -4.48. The highest BCUT2D eigenvalue weighted by Crippen LogP contribution is 2.43. The molecule has 37 heavy (non-hydrogen) atoms. The van der Waals surface area contributed by atoms with Gasteiger partial charge in [-0.3, -0.25) is 29.4 Å². The molecule has 3 aliphatic rings. The van der Waals surface area contributed by atoms with Crippen molar-refractivity contribution in [3.05, 3.63) is 76.3 Å². The Balaban J connectivity index is 1.38. The van der Waals surface area contributed by atoms with Crippen LogP contribution in [0.5, 0.6) is 0 Å². The quantitative estimate of drug-likeness (QED) is 0.523. The summed E-state index contributed by atoms with van der Waals surface area (Å²) < 4.78 is 39.7. The maximum absolute atomic E-state index is 13.7. The van der Waals surface area contributed by atoms with Crippen molar-refractivity contribution in [1.82, 2.24) is 10.2 Å². The largest absolute Gasteiger partial charge is 0.416 e. The highest BCUT2D eigenvalue weighted by Gasteiger charge is 2.42. The second-order valence-corrected chi connectivity index (χ2v) is 9.52. The summed E-state index contributed by atoms with van der Waals surface area (Å²) in [7, 11) is 0. The highest BCUT2D eigenvalue weighted by atomic mass is 19.4. The second kappa shape index (κ2) is 7.89. The van der Waals surface area contributed by atoms with Gasteiger partial charge in [-0.2, -0.15) is 13.2 Å². The van der Waals surface area contributed by atoms with Gasteiger partial charge in [0.15, 0.2) is 0 Å². The van der Waals surface area contributed by atoms with Crippen LogP contribution in [0.4, 0.5) is 18.9 Å². The molecule has 7 nitrogen and oxygen atoms in total. The summed E-state index contributed by atoms with van der Waals surface area (Å²) >= 11 is 0. The predicted molar refractivity (Wildman–Crippen MR) is 127 cm³/mol. The number of imide groups is 1. The zero-order chi connectivity index (χ0) is 26.2. The highest BCUT2D eigenvalue weighted by molar-refractivity contribution is 6.29. The maximum atomic E-state index is 13.7. The molecule has 2 atom stereocenters. The molecule has 1 saturated heterocycles. The van der Waals surface area contributed by atoms with Crippen molar-refractivity contribution in [2.75, 3.05) is 4.90 Å². The Morgan fingerprint density at radius 3 is 2.57 bits per heavy atom. The number of fused-ring (bicyclic) bond motifs is 1. The third kappa shape index (κ3) is 3.42. The number of nitrogens with zero attached hydrogens (tertiary/aromatic N) is 2. The molecule has 3 aromatic rings. The standard InChI is InChI=1S/C27H20F3N3O4/c1-13-16-6-5-15(27(28,29)30)11-14(16)12-32(13)25(36)18-7-8-19-23-17(18)3-2-4-20(23)33(26(19)37)21-9-10-22(34)31-24(21)35/h2-8,11,13,21H,9-10,12H2,1H3,(H,31,34,35)/t13-,21?/m0/s1. The second-order valence-electron chi connectivity index (χ2n) is 9.52. The summed E-state index contributed by atoms with van der Waals surface area (Å²) in [6.45, 7) is 1.80. The van der Waals surface area contributed by atoms with E-state index in [9.17, 15) is 32.3 Å². The normalized spacial score (nSPS) is 21.0. The van der Waals surface area contributed by atoms with Crippen LogP contribution >= 0.6 is 0 Å². The number of piperidine rings is 1. The Bertz CT molecular complexity index is 1550. The van der Waals surface area contributed by atoms with Crippen LogP contribution in [0, 0.1) is 0 Å². The number of amides is 4. The lowest BCUT2D eigenvalue weighted by atomic mass is 9.99. The van der Waals surface area contributed by atoms with E-state index in [4.69, 9.17) is 0 Å². The van der Waals surface area contributed by atoms with E-state index in [0.717, 1.165) is 12.1 Å². The lowest BCUT2D eigenvalue weighted by Crippen LogP contribution is -2.53. The minimum Gasteiger partial charge on any atom is -0.328 e. The zero-order valence-electron chi connectivity index (χ0n) is 19.6. The number of carbonyl (C=O) groups is 4. The van der Waals surface area contributed by atoms with Crippen molar-refractivity contribution in [2.45, 2.75) is 44.6 Å². The number of hydrogen-bond donors (Lipinski definition) is 1. The van der Waals surface area contributed by atoms with Gasteiger partial charge in [-0.05, 0) is 60.2 Å². The van der Waals surface area contributed by atoms with E-state index in [-0.39, 0.29) is 37.1 Å². The van der Waals surface area contributed by atoms with Gasteiger partial charge < -0.3 is 4.90 Å². The van der Waals surface area contributed by atoms with Crippen LogP contribution in [0.1, 0.15) is 63.2 Å². The predicted octanol–water partition coefficient (Wildman–Crippen LogP) is 4.34. The topological polar surface area (TPSA) is 86.8 Å². The van der Waals surface area contributed by atoms with E-state index in [2.05, 4.69) is 5.32 Å². The van der Waals surface area contributed by atoms with Gasteiger partial charge in [-0.25, -0.2) is 0 Å². The number of benzene rings is 3. The number of halogens is 3. The van der Waals surface area contributed by atoms with Gasteiger partial charge in [0.25, 0.3) is 11.8 Å². The lowest BCUT2D eigenvalue weighted by molar-refractivity contribution is -0.138. The summed E-state index contributed by atoms with van der Waals surface area (Å²) in [5.41, 5.74) is 1.49. The van der Waals surface area contributed by atoms with E-state index in [0.29, 0.717) is 38.7 Å². The molecule has 6 rings (SSSR count). The molecule has 3 aliphatic heterocycles. The van der Waals surface area contributed by atoms with Crippen LogP contribution in [0.15, 0.2) is 48.5 Å². The van der Waals surface area contributed by atoms with E-state index in [1.54, 1.807) is 37.3 Å². The number of rotatable bonds is 2. The van der Waals surface area contributed by atoms with E-state index >= 15 is 0 Å². The maximum Gasteiger partial charge on any atom is 0.416 e. The van der Waals surface area contributed by atoms with Gasteiger partial charge in [-0.1, -0.05) is 18.2 Å². The zero-order valence-corrected chi connectivity index (χ0v) is 19.6. The Labute approximate surface area is 208 Å². The number of alkyl halides is 3. The lowest BCUT2D eigenvalue weighted by Gasteiger charge is -2.30. The third-order valence-electron chi connectivity index (χ3n) is 7.47. The molecule has 1 unspecified atom stereocenters. The number of nitrogens with one attached hydrogen (secondary N) is 1. The van der Waals surface area contributed by atoms with E-state index in [1.165, 1.54) is 15.9 Å². The van der Waals surface area contributed by atoms with Crippen LogP contribution in [0.25, 0.3) is 10.8 Å². The molecule has 3 heterocycles. The fraction of sp³-hybridized carbons (Fsp3) is 0.259. The van der Waals surface area contributed by atoms with Crippen molar-refractivity contribution in [3.63, 3.8) is 0 Å². The number of carbonyl (C=O) groups excluding carboxylic acids is 4. The fourth-order valence-corrected chi connectivity index (χ4v) is 5.65. The Morgan fingerprint density at radius 2 is 1.84 bits per heavy atom. The molecule has 1 fully saturated rings. The molecule has 0 aromatic heterocycles. The first-order valence-electron chi connectivity index (χ1n) is 11.8. The van der Waals surface area contributed by atoms with Gasteiger partial charge in [0, 0.05) is 29.5 Å². The molecule has 1 N–H and O–H groups in total. The molecule has 0 bridgehead atoms. The average molecular weight is 507 g/mol. The number of anilines is 1. The van der Waals surface area contributed by atoms with Crippen molar-refractivity contribution in [2.24, 2.45) is 0 Å². The molecular formula is C27H20F3N3O4. The molecule has 10 heteroatoms. The summed E-state index contributed by atoms with van der Waals surface area (Å²) in [6, 6.07) is 10.4. The van der Waals surface area contributed by atoms with E-state index < -0.39 is 29.7 Å². The summed E-state index contributed by atoms with van der Waals surface area (Å²) in [4.78, 5) is 54.1. The summed E-state index contributed by atoms with van der Waals surface area (Å²) in [5, 5.41) is 3.33. The molecule has 4 amide bonds. The third-order valence-corrected chi connectivity index (χ3v) is 7.47. The van der Waals surface area contributed by atoms with Crippen molar-refractivity contribution in [1.29, 1.82) is 0 Å². The molecule has 0 aliphatic carbocycles. The van der Waals surface area contributed by atoms with Crippen molar-refractivity contribution >= 4 is 40.1 Å². The fourth-order valence-electron chi connectivity index (χ4n) is 5.65. The molecule has 3 aromatic carbocycles. The average Bonchev–Trinajstić information content (AvgIpc) is 3.33.